The van der Waals surface area contributed by atoms with E-state index in [0.29, 0.717) is 44.1 Å². The number of likely N-dealkylation sites (tertiary alicyclic amines) is 2. The summed E-state index contributed by atoms with van der Waals surface area (Å²) in [6.45, 7) is 5.66. The minimum absolute atomic E-state index is 0.0101. The summed E-state index contributed by atoms with van der Waals surface area (Å²) in [7, 11) is 0. The summed E-state index contributed by atoms with van der Waals surface area (Å²) >= 11 is 1.43. The second-order valence-electron chi connectivity index (χ2n) is 6.81. The molecule has 0 spiro atoms. The Morgan fingerprint density at radius 2 is 2.08 bits per heavy atom. The van der Waals surface area contributed by atoms with Crippen LogP contribution in [0, 0.1) is 11.3 Å². The predicted octanol–water partition coefficient (Wildman–Crippen LogP) is 2.01. The maximum atomic E-state index is 12.8. The van der Waals surface area contributed by atoms with Gasteiger partial charge in [-0.2, -0.15) is 0 Å². The highest BCUT2D eigenvalue weighted by atomic mass is 32.1. The molecule has 0 N–H and O–H groups in total. The predicted molar refractivity (Wildman–Crippen MR) is 94.3 cm³/mol. The van der Waals surface area contributed by atoms with Crippen LogP contribution in [0.2, 0.25) is 0 Å². The van der Waals surface area contributed by atoms with Gasteiger partial charge < -0.3 is 14.5 Å². The van der Waals surface area contributed by atoms with E-state index in [1.54, 1.807) is 11.8 Å². The van der Waals surface area contributed by atoms with E-state index in [-0.39, 0.29) is 23.7 Å². The number of hydrogen-bond acceptors (Lipinski definition) is 5. The van der Waals surface area contributed by atoms with Gasteiger partial charge in [0.2, 0.25) is 5.91 Å². The van der Waals surface area contributed by atoms with Gasteiger partial charge in [-0.3, -0.25) is 14.4 Å². The summed E-state index contributed by atoms with van der Waals surface area (Å²) in [5, 5.41) is 1.89. The van der Waals surface area contributed by atoms with Crippen LogP contribution in [0.5, 0.6) is 0 Å². The smallest absolute Gasteiger partial charge is 0.314 e. The number of nitrogens with zero attached hydrogens (tertiary/aromatic N) is 2. The van der Waals surface area contributed by atoms with Crippen molar-refractivity contribution in [2.24, 2.45) is 11.3 Å². The Bertz CT molecular complexity index is 660. The molecule has 2 aliphatic rings. The lowest BCUT2D eigenvalue weighted by Gasteiger charge is -2.31. The van der Waals surface area contributed by atoms with Crippen molar-refractivity contribution in [2.75, 3.05) is 32.8 Å². The second kappa shape index (κ2) is 7.15. The highest BCUT2D eigenvalue weighted by Crippen LogP contribution is 2.44. The minimum atomic E-state index is -0.688. The topological polar surface area (TPSA) is 66.9 Å². The molecular formula is C18H24N2O4S. The lowest BCUT2D eigenvalue weighted by Crippen LogP contribution is -2.43. The van der Waals surface area contributed by atoms with Gasteiger partial charge in [0, 0.05) is 39.0 Å². The van der Waals surface area contributed by atoms with Gasteiger partial charge >= 0.3 is 5.97 Å². The molecule has 0 radical (unpaired) electrons. The zero-order valence-electron chi connectivity index (χ0n) is 14.7. The van der Waals surface area contributed by atoms with Crippen molar-refractivity contribution in [1.29, 1.82) is 0 Å². The van der Waals surface area contributed by atoms with Crippen LogP contribution in [-0.4, -0.2) is 60.4 Å². The third-order valence-electron chi connectivity index (χ3n) is 5.33. The van der Waals surface area contributed by atoms with Crippen molar-refractivity contribution < 1.29 is 19.1 Å². The molecule has 1 aromatic rings. The van der Waals surface area contributed by atoms with Crippen molar-refractivity contribution in [3.05, 3.63) is 22.4 Å². The SMILES string of the molecule is CCOC(=O)[C@]12CCCN(C(=O)c3cccs3)C[C@H]1CN(C(C)=O)C2. The molecule has 3 heterocycles. The quantitative estimate of drug-likeness (QED) is 0.770. The Hall–Kier alpha value is -1.89. The van der Waals surface area contributed by atoms with E-state index in [9.17, 15) is 14.4 Å². The molecule has 2 saturated heterocycles. The fraction of sp³-hybridized carbons (Fsp3) is 0.611. The molecule has 6 nitrogen and oxygen atoms in total. The molecule has 7 heteroatoms. The van der Waals surface area contributed by atoms with Crippen molar-refractivity contribution >= 4 is 29.1 Å². The molecule has 25 heavy (non-hydrogen) atoms. The van der Waals surface area contributed by atoms with E-state index in [4.69, 9.17) is 4.74 Å². The normalized spacial score (nSPS) is 26.1. The molecule has 1 aromatic heterocycles. The average Bonchev–Trinajstić information content (AvgIpc) is 3.19. The van der Waals surface area contributed by atoms with E-state index < -0.39 is 5.41 Å². The van der Waals surface area contributed by atoms with Crippen LogP contribution >= 0.6 is 11.3 Å². The van der Waals surface area contributed by atoms with Crippen LogP contribution in [0.1, 0.15) is 36.4 Å². The fourth-order valence-corrected chi connectivity index (χ4v) is 4.71. The lowest BCUT2D eigenvalue weighted by molar-refractivity contribution is -0.157. The summed E-state index contributed by atoms with van der Waals surface area (Å²) in [5.74, 6) is -0.333. The molecule has 2 amide bonds. The maximum absolute atomic E-state index is 12.8. The zero-order valence-corrected chi connectivity index (χ0v) is 15.5. The number of thiophene rings is 1. The number of carbonyl (C=O) groups excluding carboxylic acids is 3. The van der Waals surface area contributed by atoms with Crippen LogP contribution in [0.15, 0.2) is 17.5 Å². The van der Waals surface area contributed by atoms with Gasteiger partial charge in [-0.25, -0.2) is 0 Å². The number of hydrogen-bond donors (Lipinski definition) is 0. The largest absolute Gasteiger partial charge is 0.466 e. The van der Waals surface area contributed by atoms with Crippen molar-refractivity contribution in [3.8, 4) is 0 Å². The molecule has 0 aromatic carbocycles. The first-order valence-electron chi connectivity index (χ1n) is 8.73. The van der Waals surface area contributed by atoms with Gasteiger partial charge in [0.05, 0.1) is 16.9 Å². The molecule has 3 rings (SSSR count). The van der Waals surface area contributed by atoms with Gasteiger partial charge in [-0.15, -0.1) is 11.3 Å². The molecule has 2 fully saturated rings. The molecule has 0 bridgehead atoms. The van der Waals surface area contributed by atoms with Gasteiger partial charge in [0.1, 0.15) is 0 Å². The first-order valence-corrected chi connectivity index (χ1v) is 9.61. The Morgan fingerprint density at radius 1 is 1.32 bits per heavy atom. The highest BCUT2D eigenvalue weighted by molar-refractivity contribution is 7.12. The number of esters is 1. The lowest BCUT2D eigenvalue weighted by atomic mass is 9.75. The summed E-state index contributed by atoms with van der Waals surface area (Å²) < 4.78 is 5.36. The zero-order chi connectivity index (χ0) is 18.0. The summed E-state index contributed by atoms with van der Waals surface area (Å²) in [5.41, 5.74) is -0.688. The first kappa shape index (κ1) is 17.9. The monoisotopic (exact) mass is 364 g/mol. The van der Waals surface area contributed by atoms with Crippen molar-refractivity contribution in [1.82, 2.24) is 9.80 Å². The molecule has 0 aliphatic carbocycles. The highest BCUT2D eigenvalue weighted by Gasteiger charge is 2.55. The molecule has 2 atom stereocenters. The number of ether oxygens (including phenoxy) is 1. The Morgan fingerprint density at radius 3 is 2.72 bits per heavy atom. The molecular weight excluding hydrogens is 340 g/mol. The van der Waals surface area contributed by atoms with Crippen LogP contribution in [0.3, 0.4) is 0 Å². The summed E-state index contributed by atoms with van der Waals surface area (Å²) in [4.78, 5) is 41.7. The Balaban J connectivity index is 1.86. The third-order valence-corrected chi connectivity index (χ3v) is 6.19. The minimum Gasteiger partial charge on any atom is -0.466 e. The van der Waals surface area contributed by atoms with E-state index in [1.165, 1.54) is 18.3 Å². The first-order chi connectivity index (χ1) is 12.0. The van der Waals surface area contributed by atoms with Crippen molar-refractivity contribution in [2.45, 2.75) is 26.7 Å². The maximum Gasteiger partial charge on any atom is 0.314 e. The van der Waals surface area contributed by atoms with E-state index in [0.717, 1.165) is 6.42 Å². The van der Waals surface area contributed by atoms with E-state index in [2.05, 4.69) is 0 Å². The van der Waals surface area contributed by atoms with Crippen molar-refractivity contribution in [3.63, 3.8) is 0 Å². The number of amides is 2. The van der Waals surface area contributed by atoms with Gasteiger partial charge in [0.15, 0.2) is 0 Å². The average molecular weight is 364 g/mol. The van der Waals surface area contributed by atoms with Gasteiger partial charge in [-0.05, 0) is 31.2 Å². The van der Waals surface area contributed by atoms with Crippen LogP contribution in [-0.2, 0) is 14.3 Å². The van der Waals surface area contributed by atoms with Crippen LogP contribution in [0.25, 0.3) is 0 Å². The number of fused-ring (bicyclic) bond motifs is 1. The molecule has 0 saturated carbocycles. The summed E-state index contributed by atoms with van der Waals surface area (Å²) in [6.07, 6.45) is 1.38. The van der Waals surface area contributed by atoms with E-state index >= 15 is 0 Å². The van der Waals surface area contributed by atoms with Crippen LogP contribution in [0.4, 0.5) is 0 Å². The number of carbonyl (C=O) groups is 3. The second-order valence-corrected chi connectivity index (χ2v) is 7.75. The van der Waals surface area contributed by atoms with Gasteiger partial charge in [0.25, 0.3) is 5.91 Å². The Labute approximate surface area is 151 Å². The summed E-state index contributed by atoms with van der Waals surface area (Å²) in [6, 6.07) is 3.69. The molecule has 136 valence electrons. The van der Waals surface area contributed by atoms with Crippen LogP contribution < -0.4 is 0 Å². The van der Waals surface area contributed by atoms with Gasteiger partial charge in [-0.1, -0.05) is 6.07 Å². The molecule has 0 unspecified atom stereocenters. The Kier molecular flexibility index (Phi) is 5.13. The third kappa shape index (κ3) is 3.29. The fourth-order valence-electron chi connectivity index (χ4n) is 4.02. The van der Waals surface area contributed by atoms with E-state index in [1.807, 2.05) is 22.4 Å². The number of rotatable bonds is 3. The molecule has 2 aliphatic heterocycles. The standard InChI is InChI=1S/C18H24N2O4S/c1-3-24-17(23)18-7-5-8-19(16(22)15-6-4-9-25-15)10-14(18)11-20(12-18)13(2)21/h4,6,9,14H,3,5,7-8,10-12H2,1-2H3/t14-,18-/m0/s1.